The predicted molar refractivity (Wildman–Crippen MR) is 68.6 cm³/mol. The zero-order valence-electron chi connectivity index (χ0n) is 10.5. The molecule has 5 heteroatoms. The Morgan fingerprint density at radius 3 is 2.72 bits per heavy atom. The largest absolute Gasteiger partial charge is 0.465 e. The van der Waals surface area contributed by atoms with Crippen molar-refractivity contribution in [1.82, 2.24) is 4.98 Å². The maximum atomic E-state index is 12.2. The van der Waals surface area contributed by atoms with Crippen LogP contribution in [0.15, 0.2) is 18.3 Å². The van der Waals surface area contributed by atoms with Crippen LogP contribution in [0.2, 0.25) is 5.02 Å². The van der Waals surface area contributed by atoms with Crippen molar-refractivity contribution in [3.63, 3.8) is 0 Å². The van der Waals surface area contributed by atoms with Gasteiger partial charge in [-0.15, -0.1) is 0 Å². The zero-order valence-corrected chi connectivity index (χ0v) is 11.2. The zero-order chi connectivity index (χ0) is 13.5. The lowest BCUT2D eigenvalue weighted by molar-refractivity contribution is -0.146. The number of aromatic nitrogens is 1. The molecule has 0 aromatic carbocycles. The molecule has 0 fully saturated rings. The Morgan fingerprint density at radius 1 is 1.44 bits per heavy atom. The smallest absolute Gasteiger partial charge is 0.316 e. The molecule has 0 spiro atoms. The van der Waals surface area contributed by atoms with E-state index in [0.29, 0.717) is 12.8 Å². The van der Waals surface area contributed by atoms with Crippen LogP contribution < -0.4 is 0 Å². The SMILES string of the molecule is CCCC(C(=O)OCC)C(=O)c1ncccc1Cl. The number of halogens is 1. The van der Waals surface area contributed by atoms with Gasteiger partial charge in [-0.1, -0.05) is 24.9 Å². The lowest BCUT2D eigenvalue weighted by Crippen LogP contribution is -2.27. The molecule has 1 rings (SSSR count). The number of hydrogen-bond acceptors (Lipinski definition) is 4. The van der Waals surface area contributed by atoms with Crippen LogP contribution in [0.1, 0.15) is 37.2 Å². The summed E-state index contributed by atoms with van der Waals surface area (Å²) < 4.78 is 4.91. The number of carbonyl (C=O) groups excluding carboxylic acids is 2. The molecule has 0 aliphatic heterocycles. The molecule has 18 heavy (non-hydrogen) atoms. The van der Waals surface area contributed by atoms with Gasteiger partial charge in [-0.25, -0.2) is 0 Å². The summed E-state index contributed by atoms with van der Waals surface area (Å²) in [6, 6.07) is 3.22. The van der Waals surface area contributed by atoms with Crippen molar-refractivity contribution in [3.05, 3.63) is 29.0 Å². The first kappa shape index (κ1) is 14.6. The van der Waals surface area contributed by atoms with Gasteiger partial charge in [-0.3, -0.25) is 14.6 Å². The highest BCUT2D eigenvalue weighted by Gasteiger charge is 2.30. The normalized spacial score (nSPS) is 11.9. The Bertz CT molecular complexity index is 434. The molecule has 4 nitrogen and oxygen atoms in total. The second-order valence-electron chi connectivity index (χ2n) is 3.79. The van der Waals surface area contributed by atoms with E-state index in [4.69, 9.17) is 16.3 Å². The Labute approximate surface area is 111 Å². The number of carbonyl (C=O) groups is 2. The Hall–Kier alpha value is -1.42. The van der Waals surface area contributed by atoms with Crippen LogP contribution in [0, 0.1) is 5.92 Å². The number of rotatable bonds is 6. The second kappa shape index (κ2) is 7.11. The molecule has 0 saturated carbocycles. The maximum absolute atomic E-state index is 12.2. The van der Waals surface area contributed by atoms with Gasteiger partial charge in [0, 0.05) is 6.20 Å². The van der Waals surface area contributed by atoms with Gasteiger partial charge in [0.2, 0.25) is 0 Å². The maximum Gasteiger partial charge on any atom is 0.316 e. The quantitative estimate of drug-likeness (QED) is 0.453. The van der Waals surface area contributed by atoms with Crippen molar-refractivity contribution in [2.24, 2.45) is 5.92 Å². The van der Waals surface area contributed by atoms with Crippen molar-refractivity contribution < 1.29 is 14.3 Å². The summed E-state index contributed by atoms with van der Waals surface area (Å²) in [6.45, 7) is 3.86. The lowest BCUT2D eigenvalue weighted by atomic mass is 9.96. The summed E-state index contributed by atoms with van der Waals surface area (Å²) in [5.74, 6) is -1.70. The Balaban J connectivity index is 2.96. The number of esters is 1. The van der Waals surface area contributed by atoms with E-state index in [9.17, 15) is 9.59 Å². The van der Waals surface area contributed by atoms with Gasteiger partial charge in [0.1, 0.15) is 11.6 Å². The number of nitrogens with zero attached hydrogens (tertiary/aromatic N) is 1. The van der Waals surface area contributed by atoms with Crippen molar-refractivity contribution in [3.8, 4) is 0 Å². The van der Waals surface area contributed by atoms with E-state index < -0.39 is 11.9 Å². The van der Waals surface area contributed by atoms with Gasteiger partial charge in [-0.05, 0) is 25.5 Å². The van der Waals surface area contributed by atoms with Crippen molar-refractivity contribution >= 4 is 23.4 Å². The number of ether oxygens (including phenoxy) is 1. The molecule has 0 amide bonds. The standard InChI is InChI=1S/C13H16ClNO3/c1-3-6-9(13(17)18-4-2)12(16)11-10(14)7-5-8-15-11/h5,7-9H,3-4,6H2,1-2H3. The molecule has 0 aliphatic rings. The fourth-order valence-corrected chi connectivity index (χ4v) is 1.83. The summed E-state index contributed by atoms with van der Waals surface area (Å²) in [6.07, 6.45) is 2.62. The van der Waals surface area contributed by atoms with Gasteiger partial charge in [0.05, 0.1) is 11.6 Å². The van der Waals surface area contributed by atoms with Crippen LogP contribution in [-0.2, 0) is 9.53 Å². The fraction of sp³-hybridized carbons (Fsp3) is 0.462. The molecule has 0 radical (unpaired) electrons. The molecule has 1 heterocycles. The molecule has 1 aromatic heterocycles. The van der Waals surface area contributed by atoms with Gasteiger partial charge < -0.3 is 4.74 Å². The minimum absolute atomic E-state index is 0.130. The lowest BCUT2D eigenvalue weighted by Gasteiger charge is -2.13. The third-order valence-electron chi connectivity index (χ3n) is 2.46. The minimum Gasteiger partial charge on any atom is -0.465 e. The third-order valence-corrected chi connectivity index (χ3v) is 2.76. The first-order valence-corrected chi connectivity index (χ1v) is 6.30. The van der Waals surface area contributed by atoms with Crippen LogP contribution in [0.3, 0.4) is 0 Å². The predicted octanol–water partition coefficient (Wildman–Crippen LogP) is 2.90. The molecule has 98 valence electrons. The Kier molecular flexibility index (Phi) is 5.78. The topological polar surface area (TPSA) is 56.3 Å². The summed E-state index contributed by atoms with van der Waals surface area (Å²) in [7, 11) is 0. The molecule has 1 aromatic rings. The van der Waals surface area contributed by atoms with E-state index in [1.165, 1.54) is 6.20 Å². The highest BCUT2D eigenvalue weighted by Crippen LogP contribution is 2.20. The van der Waals surface area contributed by atoms with Crippen LogP contribution in [0.4, 0.5) is 0 Å². The number of hydrogen-bond donors (Lipinski definition) is 0. The van der Waals surface area contributed by atoms with E-state index in [1.54, 1.807) is 19.1 Å². The first-order chi connectivity index (χ1) is 8.61. The molecular formula is C13H16ClNO3. The van der Waals surface area contributed by atoms with Gasteiger partial charge >= 0.3 is 5.97 Å². The fourth-order valence-electron chi connectivity index (χ4n) is 1.62. The molecule has 0 bridgehead atoms. The summed E-state index contributed by atoms with van der Waals surface area (Å²) >= 11 is 5.91. The second-order valence-corrected chi connectivity index (χ2v) is 4.20. The van der Waals surface area contributed by atoms with Crippen molar-refractivity contribution in [1.29, 1.82) is 0 Å². The van der Waals surface area contributed by atoms with E-state index >= 15 is 0 Å². The van der Waals surface area contributed by atoms with Crippen molar-refractivity contribution in [2.45, 2.75) is 26.7 Å². The molecular weight excluding hydrogens is 254 g/mol. The molecule has 1 unspecified atom stereocenters. The Morgan fingerprint density at radius 2 is 2.17 bits per heavy atom. The van der Waals surface area contributed by atoms with Gasteiger partial charge in [-0.2, -0.15) is 0 Å². The van der Waals surface area contributed by atoms with Crippen LogP contribution in [-0.4, -0.2) is 23.3 Å². The monoisotopic (exact) mass is 269 g/mol. The number of ketones is 1. The first-order valence-electron chi connectivity index (χ1n) is 5.93. The molecule has 0 saturated heterocycles. The van der Waals surface area contributed by atoms with Crippen LogP contribution >= 0.6 is 11.6 Å². The number of Topliss-reactive ketones (excluding diaryl/α,β-unsaturated/α-hetero) is 1. The average Bonchev–Trinajstić information content (AvgIpc) is 2.36. The van der Waals surface area contributed by atoms with E-state index in [-0.39, 0.29) is 23.1 Å². The highest BCUT2D eigenvalue weighted by atomic mass is 35.5. The number of pyridine rings is 1. The third kappa shape index (κ3) is 3.53. The highest BCUT2D eigenvalue weighted by molar-refractivity contribution is 6.34. The van der Waals surface area contributed by atoms with E-state index in [1.807, 2.05) is 6.92 Å². The van der Waals surface area contributed by atoms with Gasteiger partial charge in [0.15, 0.2) is 5.78 Å². The van der Waals surface area contributed by atoms with Gasteiger partial charge in [0.25, 0.3) is 0 Å². The summed E-state index contributed by atoms with van der Waals surface area (Å²) in [5, 5.41) is 0.257. The molecule has 1 atom stereocenters. The van der Waals surface area contributed by atoms with Crippen LogP contribution in [0.5, 0.6) is 0 Å². The molecule has 0 N–H and O–H groups in total. The summed E-state index contributed by atoms with van der Waals surface area (Å²) in [5.41, 5.74) is 0.130. The molecule has 0 aliphatic carbocycles. The average molecular weight is 270 g/mol. The van der Waals surface area contributed by atoms with Crippen molar-refractivity contribution in [2.75, 3.05) is 6.61 Å². The van der Waals surface area contributed by atoms with E-state index in [2.05, 4.69) is 4.98 Å². The minimum atomic E-state index is -0.817. The van der Waals surface area contributed by atoms with E-state index in [0.717, 1.165) is 0 Å². The van der Waals surface area contributed by atoms with Crippen LogP contribution in [0.25, 0.3) is 0 Å². The summed E-state index contributed by atoms with van der Waals surface area (Å²) in [4.78, 5) is 27.9.